The molecule has 0 saturated carbocycles. The van der Waals surface area contributed by atoms with Crippen molar-refractivity contribution in [2.75, 3.05) is 12.4 Å². The third-order valence-electron chi connectivity index (χ3n) is 2.03. The molecule has 0 aromatic carbocycles. The van der Waals surface area contributed by atoms with Crippen LogP contribution in [0, 0.1) is 5.92 Å². The molecule has 0 rings (SSSR count). The summed E-state index contributed by atoms with van der Waals surface area (Å²) in [5.41, 5.74) is 0. The van der Waals surface area contributed by atoms with Gasteiger partial charge < -0.3 is 5.32 Å². The molecular formula is C9H12ClF6NO. The Morgan fingerprint density at radius 2 is 1.50 bits per heavy atom. The van der Waals surface area contributed by atoms with E-state index in [0.29, 0.717) is 18.7 Å². The van der Waals surface area contributed by atoms with E-state index in [1.54, 1.807) is 5.32 Å². The number of hydrogen-bond donors (Lipinski definition) is 1. The van der Waals surface area contributed by atoms with Crippen LogP contribution in [-0.2, 0) is 4.79 Å². The molecular weight excluding hydrogens is 288 g/mol. The van der Waals surface area contributed by atoms with Crippen LogP contribution in [0.15, 0.2) is 0 Å². The van der Waals surface area contributed by atoms with E-state index in [9.17, 15) is 31.1 Å². The zero-order chi connectivity index (χ0) is 14.4. The molecule has 0 atom stereocenters. The summed E-state index contributed by atoms with van der Waals surface area (Å²) in [4.78, 5) is 10.9. The minimum absolute atomic E-state index is 0.238. The Morgan fingerprint density at radius 3 is 1.89 bits per heavy atom. The lowest BCUT2D eigenvalue weighted by Gasteiger charge is -2.21. The van der Waals surface area contributed by atoms with Crippen molar-refractivity contribution in [2.24, 2.45) is 5.92 Å². The van der Waals surface area contributed by atoms with Crippen LogP contribution in [0.25, 0.3) is 0 Å². The lowest BCUT2D eigenvalue weighted by molar-refractivity contribution is -0.274. The molecule has 0 fully saturated rings. The van der Waals surface area contributed by atoms with Gasteiger partial charge in [0.25, 0.3) is 0 Å². The number of carbonyl (C=O) groups excluding carboxylic acids is 1. The average molecular weight is 300 g/mol. The predicted octanol–water partition coefficient (Wildman–Crippen LogP) is 3.25. The molecule has 0 aromatic rings. The van der Waals surface area contributed by atoms with Crippen LogP contribution in [0.5, 0.6) is 0 Å². The second kappa shape index (κ2) is 7.06. The third kappa shape index (κ3) is 6.32. The zero-order valence-electron chi connectivity index (χ0n) is 9.17. The van der Waals surface area contributed by atoms with Crippen molar-refractivity contribution in [2.45, 2.75) is 31.6 Å². The van der Waals surface area contributed by atoms with Crippen LogP contribution in [0.1, 0.15) is 19.3 Å². The fraction of sp³-hybridized carbons (Fsp3) is 0.889. The number of hydrogen-bond acceptors (Lipinski definition) is 1. The van der Waals surface area contributed by atoms with Gasteiger partial charge in [-0.15, -0.1) is 11.6 Å². The van der Waals surface area contributed by atoms with Crippen LogP contribution < -0.4 is 5.32 Å². The summed E-state index contributed by atoms with van der Waals surface area (Å²) in [6, 6.07) is 0. The van der Waals surface area contributed by atoms with Crippen LogP contribution in [-0.4, -0.2) is 30.7 Å². The van der Waals surface area contributed by atoms with Crippen LogP contribution >= 0.6 is 11.6 Å². The standard InChI is InChI=1S/C9H12ClF6NO/c10-4-2-1-3-5-17-7(18)6(8(11,12)13)9(14,15)16/h6H,1-5H2,(H,17,18). The van der Waals surface area contributed by atoms with Gasteiger partial charge in [-0.1, -0.05) is 6.42 Å². The fourth-order valence-electron chi connectivity index (χ4n) is 1.19. The maximum absolute atomic E-state index is 12.1. The van der Waals surface area contributed by atoms with Gasteiger partial charge in [0.05, 0.1) is 0 Å². The Morgan fingerprint density at radius 1 is 1.00 bits per heavy atom. The topological polar surface area (TPSA) is 29.1 Å². The van der Waals surface area contributed by atoms with E-state index in [-0.39, 0.29) is 13.0 Å². The molecule has 108 valence electrons. The second-order valence-electron chi connectivity index (χ2n) is 3.56. The highest BCUT2D eigenvalue weighted by atomic mass is 35.5. The van der Waals surface area contributed by atoms with E-state index in [0.717, 1.165) is 0 Å². The van der Waals surface area contributed by atoms with Crippen molar-refractivity contribution in [1.29, 1.82) is 0 Å². The van der Waals surface area contributed by atoms with E-state index in [1.807, 2.05) is 0 Å². The van der Waals surface area contributed by atoms with Gasteiger partial charge >= 0.3 is 12.4 Å². The average Bonchev–Trinajstić information content (AvgIpc) is 2.12. The summed E-state index contributed by atoms with van der Waals surface area (Å²) in [7, 11) is 0. The molecule has 2 nitrogen and oxygen atoms in total. The molecule has 0 bridgehead atoms. The molecule has 0 aromatic heterocycles. The highest BCUT2D eigenvalue weighted by Gasteiger charge is 2.60. The number of amides is 1. The Bertz CT molecular complexity index is 251. The van der Waals surface area contributed by atoms with Crippen molar-refractivity contribution in [3.05, 3.63) is 0 Å². The number of unbranched alkanes of at least 4 members (excludes halogenated alkanes) is 2. The molecule has 0 heterocycles. The zero-order valence-corrected chi connectivity index (χ0v) is 9.92. The predicted molar refractivity (Wildman–Crippen MR) is 53.2 cm³/mol. The Balaban J connectivity index is 4.34. The first-order valence-electron chi connectivity index (χ1n) is 5.07. The molecule has 9 heteroatoms. The molecule has 1 N–H and O–H groups in total. The van der Waals surface area contributed by atoms with Gasteiger partial charge in [0.15, 0.2) is 0 Å². The van der Waals surface area contributed by atoms with Crippen molar-refractivity contribution >= 4 is 17.5 Å². The van der Waals surface area contributed by atoms with Gasteiger partial charge in [-0.2, -0.15) is 26.3 Å². The molecule has 0 saturated heterocycles. The quantitative estimate of drug-likeness (QED) is 0.455. The molecule has 1 amide bonds. The summed E-state index contributed by atoms with van der Waals surface area (Å²) in [5.74, 6) is -5.69. The lowest BCUT2D eigenvalue weighted by Crippen LogP contribution is -2.48. The first-order valence-corrected chi connectivity index (χ1v) is 5.61. The number of halogens is 7. The lowest BCUT2D eigenvalue weighted by atomic mass is 10.1. The molecule has 0 aliphatic carbocycles. The summed E-state index contributed by atoms with van der Waals surface area (Å²) >= 11 is 5.33. The maximum Gasteiger partial charge on any atom is 0.409 e. The van der Waals surface area contributed by atoms with Crippen molar-refractivity contribution in [3.63, 3.8) is 0 Å². The van der Waals surface area contributed by atoms with Crippen LogP contribution in [0.3, 0.4) is 0 Å². The Hall–Kier alpha value is -0.660. The van der Waals surface area contributed by atoms with Crippen LogP contribution in [0.4, 0.5) is 26.3 Å². The summed E-state index contributed by atoms with van der Waals surface area (Å²) in [6.45, 7) is -0.238. The van der Waals surface area contributed by atoms with Gasteiger partial charge in [0.1, 0.15) is 0 Å². The second-order valence-corrected chi connectivity index (χ2v) is 3.93. The van der Waals surface area contributed by atoms with E-state index >= 15 is 0 Å². The highest BCUT2D eigenvalue weighted by molar-refractivity contribution is 6.17. The summed E-state index contributed by atoms with van der Waals surface area (Å²) < 4.78 is 72.6. The highest BCUT2D eigenvalue weighted by Crippen LogP contribution is 2.39. The summed E-state index contributed by atoms with van der Waals surface area (Å²) in [6.07, 6.45) is -9.90. The minimum Gasteiger partial charge on any atom is -0.355 e. The molecule has 0 aliphatic rings. The van der Waals surface area contributed by atoms with Crippen molar-refractivity contribution in [3.8, 4) is 0 Å². The minimum atomic E-state index is -5.64. The smallest absolute Gasteiger partial charge is 0.355 e. The first-order chi connectivity index (χ1) is 8.10. The number of rotatable bonds is 6. The van der Waals surface area contributed by atoms with Crippen molar-refractivity contribution in [1.82, 2.24) is 5.32 Å². The fourth-order valence-corrected chi connectivity index (χ4v) is 1.38. The van der Waals surface area contributed by atoms with E-state index in [4.69, 9.17) is 11.6 Å². The number of carbonyl (C=O) groups is 1. The molecule has 18 heavy (non-hydrogen) atoms. The molecule has 0 spiro atoms. The maximum atomic E-state index is 12.1. The molecule has 0 unspecified atom stereocenters. The monoisotopic (exact) mass is 299 g/mol. The van der Waals surface area contributed by atoms with Crippen molar-refractivity contribution < 1.29 is 31.1 Å². The van der Waals surface area contributed by atoms with E-state index in [1.165, 1.54) is 0 Å². The molecule has 0 aliphatic heterocycles. The first kappa shape index (κ1) is 17.3. The Kier molecular flexibility index (Phi) is 6.80. The normalized spacial score (nSPS) is 12.9. The van der Waals surface area contributed by atoms with Crippen LogP contribution in [0.2, 0.25) is 0 Å². The van der Waals surface area contributed by atoms with E-state index < -0.39 is 24.2 Å². The number of nitrogens with one attached hydrogen (secondary N) is 1. The molecule has 0 radical (unpaired) electrons. The van der Waals surface area contributed by atoms with Gasteiger partial charge in [0.2, 0.25) is 11.8 Å². The third-order valence-corrected chi connectivity index (χ3v) is 2.29. The SMILES string of the molecule is O=C(NCCCCCCl)C(C(F)(F)F)C(F)(F)F. The van der Waals surface area contributed by atoms with Gasteiger partial charge in [-0.05, 0) is 12.8 Å². The van der Waals surface area contributed by atoms with E-state index in [2.05, 4.69) is 0 Å². The number of alkyl halides is 7. The van der Waals surface area contributed by atoms with Gasteiger partial charge in [-0.25, -0.2) is 0 Å². The van der Waals surface area contributed by atoms with Gasteiger partial charge in [-0.3, -0.25) is 4.79 Å². The largest absolute Gasteiger partial charge is 0.409 e. The summed E-state index contributed by atoms with van der Waals surface area (Å²) in [5, 5.41) is 1.63. The van der Waals surface area contributed by atoms with Gasteiger partial charge in [0, 0.05) is 12.4 Å². The Labute approximate surface area is 105 Å².